The van der Waals surface area contributed by atoms with Crippen molar-refractivity contribution in [2.75, 3.05) is 11.6 Å². The van der Waals surface area contributed by atoms with Gasteiger partial charge in [-0.1, -0.05) is 24.3 Å². The quantitative estimate of drug-likeness (QED) is 0.326. The summed E-state index contributed by atoms with van der Waals surface area (Å²) < 4.78 is 0. The Balaban J connectivity index is 1.36. The number of carbonyl (C=O) groups is 2. The van der Waals surface area contributed by atoms with Crippen molar-refractivity contribution in [3.8, 4) is 0 Å². The van der Waals surface area contributed by atoms with Gasteiger partial charge in [0.05, 0.1) is 11.0 Å². The summed E-state index contributed by atoms with van der Waals surface area (Å²) in [6, 6.07) is 21.5. The molecule has 0 aliphatic rings. The molecule has 0 saturated heterocycles. The molecular formula is C26H26N4O2S. The highest BCUT2D eigenvalue weighted by Gasteiger charge is 2.10. The molecule has 0 bridgehead atoms. The Hall–Kier alpha value is -3.58. The first-order valence-corrected chi connectivity index (χ1v) is 12.0. The Morgan fingerprint density at radius 2 is 1.67 bits per heavy atom. The monoisotopic (exact) mass is 458 g/mol. The van der Waals surface area contributed by atoms with Crippen LogP contribution < -0.4 is 10.6 Å². The van der Waals surface area contributed by atoms with E-state index in [1.165, 1.54) is 11.8 Å². The molecule has 0 spiro atoms. The number of aromatic amines is 1. The van der Waals surface area contributed by atoms with E-state index in [9.17, 15) is 9.59 Å². The predicted octanol–water partition coefficient (Wildman–Crippen LogP) is 4.96. The molecule has 33 heavy (non-hydrogen) atoms. The first-order valence-electron chi connectivity index (χ1n) is 10.8. The third-order valence-electron chi connectivity index (χ3n) is 5.33. The van der Waals surface area contributed by atoms with E-state index in [2.05, 4.69) is 32.7 Å². The van der Waals surface area contributed by atoms with Gasteiger partial charge in [-0.3, -0.25) is 9.59 Å². The lowest BCUT2D eigenvalue weighted by atomic mass is 10.1. The van der Waals surface area contributed by atoms with Crippen LogP contribution in [0.3, 0.4) is 0 Å². The van der Waals surface area contributed by atoms with Crippen LogP contribution in [0, 0.1) is 0 Å². The molecule has 1 heterocycles. The number of imidazole rings is 1. The van der Waals surface area contributed by atoms with Crippen molar-refractivity contribution in [1.82, 2.24) is 15.3 Å². The number of aryl methyl sites for hydroxylation is 2. The second-order valence-electron chi connectivity index (χ2n) is 7.82. The highest BCUT2D eigenvalue weighted by Crippen LogP contribution is 2.17. The SMILES string of the molecule is CSc1ccc(CNC(=O)c2ccc3nc(CCc4ccc(NC(C)=O)cc4)[nH]c3c2)cc1. The van der Waals surface area contributed by atoms with E-state index in [1.807, 2.05) is 54.8 Å². The van der Waals surface area contributed by atoms with Crippen molar-refractivity contribution in [1.29, 1.82) is 0 Å². The Kier molecular flexibility index (Phi) is 7.10. The number of aromatic nitrogens is 2. The highest BCUT2D eigenvalue weighted by atomic mass is 32.2. The smallest absolute Gasteiger partial charge is 0.251 e. The normalized spacial score (nSPS) is 10.8. The predicted molar refractivity (Wildman–Crippen MR) is 134 cm³/mol. The molecule has 7 heteroatoms. The topological polar surface area (TPSA) is 86.9 Å². The van der Waals surface area contributed by atoms with Crippen LogP contribution in [0.15, 0.2) is 71.6 Å². The number of anilines is 1. The standard InChI is InChI=1S/C26H26N4O2S/c1-17(31)28-21-9-3-18(4-10-21)7-14-25-29-23-13-8-20(15-24(23)30-25)26(32)27-16-19-5-11-22(33-2)12-6-19/h3-6,8-13,15H,7,14,16H2,1-2H3,(H,27,32)(H,28,31)(H,29,30). The van der Waals surface area contributed by atoms with Gasteiger partial charge in [-0.25, -0.2) is 4.98 Å². The zero-order valence-electron chi connectivity index (χ0n) is 18.6. The molecular weight excluding hydrogens is 432 g/mol. The maximum atomic E-state index is 12.6. The van der Waals surface area contributed by atoms with Crippen LogP contribution in [-0.2, 0) is 24.2 Å². The van der Waals surface area contributed by atoms with Gasteiger partial charge >= 0.3 is 0 Å². The van der Waals surface area contributed by atoms with Crippen LogP contribution in [0.25, 0.3) is 11.0 Å². The maximum Gasteiger partial charge on any atom is 0.251 e. The Bertz CT molecular complexity index is 1260. The number of benzene rings is 3. The summed E-state index contributed by atoms with van der Waals surface area (Å²) >= 11 is 1.70. The molecule has 0 atom stereocenters. The molecule has 3 aromatic carbocycles. The lowest BCUT2D eigenvalue weighted by Crippen LogP contribution is -2.22. The van der Waals surface area contributed by atoms with Crippen molar-refractivity contribution in [3.05, 3.63) is 89.2 Å². The third-order valence-corrected chi connectivity index (χ3v) is 6.07. The van der Waals surface area contributed by atoms with E-state index < -0.39 is 0 Å². The summed E-state index contributed by atoms with van der Waals surface area (Å²) in [7, 11) is 0. The number of hydrogen-bond acceptors (Lipinski definition) is 4. The fourth-order valence-electron chi connectivity index (χ4n) is 3.57. The van der Waals surface area contributed by atoms with Crippen molar-refractivity contribution in [2.24, 2.45) is 0 Å². The Labute approximate surface area is 197 Å². The average molecular weight is 459 g/mol. The van der Waals surface area contributed by atoms with Gasteiger partial charge in [-0.05, 0) is 66.3 Å². The number of amides is 2. The van der Waals surface area contributed by atoms with Crippen LogP contribution in [0.5, 0.6) is 0 Å². The fraction of sp³-hybridized carbons (Fsp3) is 0.192. The van der Waals surface area contributed by atoms with Crippen LogP contribution in [0.1, 0.15) is 34.2 Å². The first-order chi connectivity index (χ1) is 16.0. The van der Waals surface area contributed by atoms with E-state index in [0.29, 0.717) is 12.1 Å². The van der Waals surface area contributed by atoms with Gasteiger partial charge < -0.3 is 15.6 Å². The van der Waals surface area contributed by atoms with Crippen molar-refractivity contribution in [3.63, 3.8) is 0 Å². The molecule has 0 aliphatic carbocycles. The van der Waals surface area contributed by atoms with E-state index in [4.69, 9.17) is 0 Å². The number of H-pyrrole nitrogens is 1. The van der Waals surface area contributed by atoms with Gasteiger partial charge in [0.1, 0.15) is 5.82 Å². The summed E-state index contributed by atoms with van der Waals surface area (Å²) in [4.78, 5) is 32.9. The van der Waals surface area contributed by atoms with Crippen LogP contribution in [0.2, 0.25) is 0 Å². The molecule has 1 aromatic heterocycles. The van der Waals surface area contributed by atoms with Gasteiger partial charge in [-0.2, -0.15) is 0 Å². The minimum absolute atomic E-state index is 0.0807. The minimum Gasteiger partial charge on any atom is -0.348 e. The molecule has 0 radical (unpaired) electrons. The fourth-order valence-corrected chi connectivity index (χ4v) is 3.98. The second kappa shape index (κ2) is 10.4. The number of nitrogens with zero attached hydrogens (tertiary/aromatic N) is 1. The summed E-state index contributed by atoms with van der Waals surface area (Å²) in [6.07, 6.45) is 3.62. The number of fused-ring (bicyclic) bond motifs is 1. The summed E-state index contributed by atoms with van der Waals surface area (Å²) in [5, 5.41) is 5.75. The maximum absolute atomic E-state index is 12.6. The van der Waals surface area contributed by atoms with Crippen molar-refractivity contribution < 1.29 is 9.59 Å². The van der Waals surface area contributed by atoms with Gasteiger partial charge in [0.2, 0.25) is 5.91 Å². The number of carbonyl (C=O) groups excluding carboxylic acids is 2. The summed E-state index contributed by atoms with van der Waals surface area (Å²) in [5.74, 6) is 0.687. The number of hydrogen-bond donors (Lipinski definition) is 3. The van der Waals surface area contributed by atoms with Crippen LogP contribution in [-0.4, -0.2) is 28.0 Å². The average Bonchev–Trinajstić information content (AvgIpc) is 3.24. The number of thioether (sulfide) groups is 1. The van der Waals surface area contributed by atoms with Gasteiger partial charge in [0.15, 0.2) is 0 Å². The molecule has 0 fully saturated rings. The Morgan fingerprint density at radius 1 is 0.939 bits per heavy atom. The lowest BCUT2D eigenvalue weighted by Gasteiger charge is -2.06. The number of rotatable bonds is 8. The lowest BCUT2D eigenvalue weighted by molar-refractivity contribution is -0.114. The summed E-state index contributed by atoms with van der Waals surface area (Å²) in [5.41, 5.74) is 5.31. The molecule has 3 N–H and O–H groups in total. The number of nitrogens with one attached hydrogen (secondary N) is 3. The van der Waals surface area contributed by atoms with E-state index >= 15 is 0 Å². The highest BCUT2D eigenvalue weighted by molar-refractivity contribution is 7.98. The van der Waals surface area contributed by atoms with Gasteiger partial charge in [0, 0.05) is 36.0 Å². The molecule has 6 nitrogen and oxygen atoms in total. The molecule has 0 saturated carbocycles. The minimum atomic E-state index is -0.110. The molecule has 0 unspecified atom stereocenters. The summed E-state index contributed by atoms with van der Waals surface area (Å²) in [6.45, 7) is 1.98. The molecule has 168 valence electrons. The Morgan fingerprint density at radius 3 is 2.36 bits per heavy atom. The largest absolute Gasteiger partial charge is 0.348 e. The zero-order chi connectivity index (χ0) is 23.2. The molecule has 4 rings (SSSR count). The van der Waals surface area contributed by atoms with Crippen LogP contribution >= 0.6 is 11.8 Å². The third kappa shape index (κ3) is 6.02. The molecule has 0 aliphatic heterocycles. The first kappa shape index (κ1) is 22.6. The van der Waals surface area contributed by atoms with Crippen LogP contribution in [0.4, 0.5) is 5.69 Å². The second-order valence-corrected chi connectivity index (χ2v) is 8.70. The van der Waals surface area contributed by atoms with Gasteiger partial charge in [-0.15, -0.1) is 11.8 Å². The van der Waals surface area contributed by atoms with Crippen molar-refractivity contribution >= 4 is 40.3 Å². The van der Waals surface area contributed by atoms with Crippen molar-refractivity contribution in [2.45, 2.75) is 31.2 Å². The molecule has 4 aromatic rings. The molecule has 2 amide bonds. The van der Waals surface area contributed by atoms with Gasteiger partial charge in [0.25, 0.3) is 5.91 Å². The van der Waals surface area contributed by atoms with E-state index in [0.717, 1.165) is 46.5 Å². The van der Waals surface area contributed by atoms with E-state index in [-0.39, 0.29) is 11.8 Å². The zero-order valence-corrected chi connectivity index (χ0v) is 19.5. The van der Waals surface area contributed by atoms with E-state index in [1.54, 1.807) is 17.8 Å².